The van der Waals surface area contributed by atoms with Gasteiger partial charge in [0.25, 0.3) is 0 Å². The monoisotopic (exact) mass is 520 g/mol. The lowest BCUT2D eigenvalue weighted by molar-refractivity contribution is 0.0292. The summed E-state index contributed by atoms with van der Waals surface area (Å²) in [5.74, 6) is 1.96. The van der Waals surface area contributed by atoms with Crippen LogP contribution in [0.2, 0.25) is 0 Å². The van der Waals surface area contributed by atoms with Crippen molar-refractivity contribution in [1.29, 1.82) is 5.26 Å². The number of aryl methyl sites for hydroxylation is 1. The number of nitriles is 1. The fourth-order valence-corrected chi connectivity index (χ4v) is 3.64. The molecule has 3 aromatic rings. The maximum absolute atomic E-state index is 12.1. The van der Waals surface area contributed by atoms with E-state index in [1.807, 2.05) is 59.7 Å². The molecule has 0 spiro atoms. The zero-order valence-electron chi connectivity index (χ0n) is 23.2. The lowest BCUT2D eigenvalue weighted by atomic mass is 10.0. The van der Waals surface area contributed by atoms with Gasteiger partial charge in [0, 0.05) is 24.7 Å². The maximum atomic E-state index is 12.1. The predicted molar refractivity (Wildman–Crippen MR) is 144 cm³/mol. The second kappa shape index (κ2) is 12.5. The Bertz CT molecular complexity index is 1290. The smallest absolute Gasteiger partial charge is 0.410 e. The number of rotatable bonds is 10. The van der Waals surface area contributed by atoms with Gasteiger partial charge in [-0.2, -0.15) is 5.26 Å². The largest absolute Gasteiger partial charge is 0.494 e. The van der Waals surface area contributed by atoms with Gasteiger partial charge >= 0.3 is 6.09 Å². The zero-order valence-corrected chi connectivity index (χ0v) is 23.2. The number of ether oxygens (including phenoxy) is 3. The van der Waals surface area contributed by atoms with E-state index in [9.17, 15) is 10.1 Å². The molecule has 0 aliphatic carbocycles. The summed E-state index contributed by atoms with van der Waals surface area (Å²) in [5, 5.41) is 18.0. The standard InChI is InChI=1S/C29H36N4O5/c1-8-20-17-23(35-15-9-14-33(7)28(34)38-29(4,5)6)11-12-24(20)27-32-31-26(37-27)21-10-13-25(36-19(2)3)22(16-21)18-30/h10-13,16-17,19H,8-9,14-15H2,1-7H3. The van der Waals surface area contributed by atoms with Crippen molar-refractivity contribution in [3.8, 4) is 40.5 Å². The van der Waals surface area contributed by atoms with Crippen molar-refractivity contribution < 1.29 is 23.4 Å². The molecule has 0 radical (unpaired) electrons. The van der Waals surface area contributed by atoms with Gasteiger partial charge in [-0.05, 0) is 89.4 Å². The third-order valence-corrected chi connectivity index (χ3v) is 5.43. The van der Waals surface area contributed by atoms with Gasteiger partial charge in [-0.15, -0.1) is 10.2 Å². The quantitative estimate of drug-likeness (QED) is 0.288. The number of amides is 1. The van der Waals surface area contributed by atoms with Crippen molar-refractivity contribution in [2.24, 2.45) is 0 Å². The van der Waals surface area contributed by atoms with Crippen LogP contribution in [0.5, 0.6) is 11.5 Å². The average molecular weight is 521 g/mol. The Hall–Kier alpha value is -4.06. The minimum Gasteiger partial charge on any atom is -0.494 e. The molecule has 0 bridgehead atoms. The minimum atomic E-state index is -0.522. The summed E-state index contributed by atoms with van der Waals surface area (Å²) in [7, 11) is 1.71. The molecular formula is C29H36N4O5. The number of hydrogen-bond donors (Lipinski definition) is 0. The van der Waals surface area contributed by atoms with Crippen LogP contribution in [-0.4, -0.2) is 53.1 Å². The minimum absolute atomic E-state index is 0.0408. The molecule has 2 aromatic carbocycles. The summed E-state index contributed by atoms with van der Waals surface area (Å²) in [6.07, 6.45) is 1.02. The molecule has 0 aliphatic rings. The summed E-state index contributed by atoms with van der Waals surface area (Å²) in [6.45, 7) is 12.4. The summed E-state index contributed by atoms with van der Waals surface area (Å²) in [4.78, 5) is 13.6. The van der Waals surface area contributed by atoms with E-state index in [2.05, 4.69) is 16.3 Å². The molecule has 0 saturated heterocycles. The zero-order chi connectivity index (χ0) is 27.9. The highest BCUT2D eigenvalue weighted by molar-refractivity contribution is 5.67. The highest BCUT2D eigenvalue weighted by Crippen LogP contribution is 2.31. The lowest BCUT2D eigenvalue weighted by Crippen LogP contribution is -2.35. The van der Waals surface area contributed by atoms with E-state index in [1.54, 1.807) is 30.1 Å². The van der Waals surface area contributed by atoms with Crippen molar-refractivity contribution in [1.82, 2.24) is 15.1 Å². The normalized spacial score (nSPS) is 11.2. The van der Waals surface area contributed by atoms with Crippen LogP contribution in [0.3, 0.4) is 0 Å². The van der Waals surface area contributed by atoms with Crippen molar-refractivity contribution in [2.75, 3.05) is 20.2 Å². The molecule has 0 aliphatic heterocycles. The Morgan fingerprint density at radius 1 is 1.13 bits per heavy atom. The van der Waals surface area contributed by atoms with E-state index in [-0.39, 0.29) is 12.2 Å². The summed E-state index contributed by atoms with van der Waals surface area (Å²) < 4.78 is 23.0. The SMILES string of the molecule is CCc1cc(OCCCN(C)C(=O)OC(C)(C)C)ccc1-c1nnc(-c2ccc(OC(C)C)c(C#N)c2)o1. The van der Waals surface area contributed by atoms with Crippen LogP contribution in [0.25, 0.3) is 22.9 Å². The van der Waals surface area contributed by atoms with Crippen molar-refractivity contribution >= 4 is 6.09 Å². The van der Waals surface area contributed by atoms with Crippen LogP contribution in [0.4, 0.5) is 4.79 Å². The molecule has 0 fully saturated rings. The molecule has 1 aromatic heterocycles. The number of benzene rings is 2. The topological polar surface area (TPSA) is 111 Å². The van der Waals surface area contributed by atoms with Crippen molar-refractivity contribution in [3.05, 3.63) is 47.5 Å². The van der Waals surface area contributed by atoms with Gasteiger partial charge < -0.3 is 23.5 Å². The van der Waals surface area contributed by atoms with Gasteiger partial charge in [-0.3, -0.25) is 0 Å². The summed E-state index contributed by atoms with van der Waals surface area (Å²) in [5.41, 5.74) is 2.35. The molecule has 1 heterocycles. The van der Waals surface area contributed by atoms with Crippen LogP contribution in [0.15, 0.2) is 40.8 Å². The Morgan fingerprint density at radius 2 is 1.87 bits per heavy atom. The Balaban J connectivity index is 1.65. The van der Waals surface area contributed by atoms with Crippen LogP contribution in [0.1, 0.15) is 59.1 Å². The van der Waals surface area contributed by atoms with E-state index in [4.69, 9.17) is 18.6 Å². The van der Waals surface area contributed by atoms with Gasteiger partial charge in [0.05, 0.1) is 18.3 Å². The number of hydrogen-bond acceptors (Lipinski definition) is 8. The highest BCUT2D eigenvalue weighted by atomic mass is 16.6. The van der Waals surface area contributed by atoms with E-state index in [0.29, 0.717) is 48.2 Å². The number of aromatic nitrogens is 2. The first-order chi connectivity index (χ1) is 18.0. The third kappa shape index (κ3) is 7.72. The predicted octanol–water partition coefficient (Wildman–Crippen LogP) is 6.26. The lowest BCUT2D eigenvalue weighted by Gasteiger charge is -2.24. The van der Waals surface area contributed by atoms with Crippen LogP contribution < -0.4 is 9.47 Å². The molecular weight excluding hydrogens is 484 g/mol. The van der Waals surface area contributed by atoms with Crippen LogP contribution in [0, 0.1) is 11.3 Å². The molecule has 38 heavy (non-hydrogen) atoms. The molecule has 9 heteroatoms. The molecule has 0 atom stereocenters. The molecule has 9 nitrogen and oxygen atoms in total. The van der Waals surface area contributed by atoms with Gasteiger partial charge in [-0.1, -0.05) is 6.92 Å². The second-order valence-electron chi connectivity index (χ2n) is 10.2. The number of carbonyl (C=O) groups excluding carboxylic acids is 1. The second-order valence-corrected chi connectivity index (χ2v) is 10.2. The van der Waals surface area contributed by atoms with Gasteiger partial charge in [0.2, 0.25) is 11.8 Å². The van der Waals surface area contributed by atoms with Crippen LogP contribution >= 0.6 is 0 Å². The van der Waals surface area contributed by atoms with E-state index >= 15 is 0 Å². The molecule has 1 amide bonds. The van der Waals surface area contributed by atoms with Crippen LogP contribution in [-0.2, 0) is 11.2 Å². The van der Waals surface area contributed by atoms with Gasteiger partial charge in [0.15, 0.2) is 0 Å². The molecule has 202 valence electrons. The van der Waals surface area contributed by atoms with E-state index in [0.717, 1.165) is 23.3 Å². The first kappa shape index (κ1) is 28.5. The van der Waals surface area contributed by atoms with E-state index in [1.165, 1.54) is 0 Å². The van der Waals surface area contributed by atoms with Crippen molar-refractivity contribution in [2.45, 2.75) is 66.1 Å². The molecule has 0 saturated carbocycles. The summed E-state index contributed by atoms with van der Waals surface area (Å²) >= 11 is 0. The van der Waals surface area contributed by atoms with Crippen molar-refractivity contribution in [3.63, 3.8) is 0 Å². The average Bonchev–Trinajstić information content (AvgIpc) is 3.35. The Kier molecular flexibility index (Phi) is 9.35. The maximum Gasteiger partial charge on any atom is 0.410 e. The van der Waals surface area contributed by atoms with E-state index < -0.39 is 5.60 Å². The highest BCUT2D eigenvalue weighted by Gasteiger charge is 2.19. The van der Waals surface area contributed by atoms with Gasteiger partial charge in [0.1, 0.15) is 23.2 Å². The molecule has 3 rings (SSSR count). The number of nitrogens with zero attached hydrogens (tertiary/aromatic N) is 4. The fraction of sp³-hybridized carbons (Fsp3) is 0.448. The van der Waals surface area contributed by atoms with Gasteiger partial charge in [-0.25, -0.2) is 4.79 Å². The third-order valence-electron chi connectivity index (χ3n) is 5.43. The molecule has 0 N–H and O–H groups in total. The Labute approximate surface area is 224 Å². The summed E-state index contributed by atoms with van der Waals surface area (Å²) in [6, 6.07) is 13.1. The first-order valence-corrected chi connectivity index (χ1v) is 12.8. The number of carbonyl (C=O) groups is 1. The first-order valence-electron chi connectivity index (χ1n) is 12.8. The fourth-order valence-electron chi connectivity index (χ4n) is 3.64. The molecule has 0 unspecified atom stereocenters. The Morgan fingerprint density at radius 3 is 2.53 bits per heavy atom.